The molecule has 1 unspecified atom stereocenters. The monoisotopic (exact) mass is 386 g/mol. The average molecular weight is 386 g/mol. The molecular weight excluding hydrogens is 361 g/mol. The number of furan rings is 1. The summed E-state index contributed by atoms with van der Waals surface area (Å²) in [4.78, 5) is 2.36. The third-order valence-electron chi connectivity index (χ3n) is 4.75. The molecule has 6 nitrogen and oxygen atoms in total. The fourth-order valence-corrected chi connectivity index (χ4v) is 3.49. The van der Waals surface area contributed by atoms with Gasteiger partial charge in [0.15, 0.2) is 6.61 Å². The lowest BCUT2D eigenvalue weighted by Crippen LogP contribution is -2.34. The van der Waals surface area contributed by atoms with Crippen LogP contribution in [0.1, 0.15) is 35.9 Å². The number of ether oxygens (including phenoxy) is 1. The van der Waals surface area contributed by atoms with E-state index in [2.05, 4.69) is 15.3 Å². The van der Waals surface area contributed by atoms with Gasteiger partial charge in [0, 0.05) is 20.1 Å². The quantitative estimate of drug-likeness (QED) is 0.755. The molecule has 9 heteroatoms. The first-order valence-corrected chi connectivity index (χ1v) is 9.05. The molecule has 2 aromatic heterocycles. The molecule has 2 aromatic rings. The fraction of sp³-hybridized carbons (Fsp3) is 0.611. The number of rotatable bonds is 8. The first kappa shape index (κ1) is 19.8. The van der Waals surface area contributed by atoms with Crippen LogP contribution in [0.2, 0.25) is 0 Å². The molecule has 150 valence electrons. The molecule has 1 saturated heterocycles. The van der Waals surface area contributed by atoms with Crippen LogP contribution in [0.4, 0.5) is 13.2 Å². The van der Waals surface area contributed by atoms with Crippen molar-refractivity contribution in [3.05, 3.63) is 35.4 Å². The number of nitrogens with zero attached hydrogens (tertiary/aromatic N) is 3. The zero-order valence-corrected chi connectivity index (χ0v) is 15.6. The number of nitrogens with one attached hydrogen (secondary N) is 1. The summed E-state index contributed by atoms with van der Waals surface area (Å²) in [5.41, 5.74) is 1.29. The third-order valence-corrected chi connectivity index (χ3v) is 4.75. The summed E-state index contributed by atoms with van der Waals surface area (Å²) in [5.74, 6) is 1.04. The predicted molar refractivity (Wildman–Crippen MR) is 93.5 cm³/mol. The highest BCUT2D eigenvalue weighted by Crippen LogP contribution is 2.27. The number of alkyl halides is 3. The zero-order valence-electron chi connectivity index (χ0n) is 15.6. The van der Waals surface area contributed by atoms with Crippen LogP contribution < -0.4 is 10.1 Å². The summed E-state index contributed by atoms with van der Waals surface area (Å²) in [6, 6.07) is 3.92. The van der Waals surface area contributed by atoms with Crippen molar-refractivity contribution in [1.82, 2.24) is 20.0 Å². The summed E-state index contributed by atoms with van der Waals surface area (Å²) in [5, 5.41) is 7.53. The van der Waals surface area contributed by atoms with Crippen molar-refractivity contribution in [1.29, 1.82) is 0 Å². The summed E-state index contributed by atoms with van der Waals surface area (Å²) in [6.45, 7) is 3.46. The highest BCUT2D eigenvalue weighted by Gasteiger charge is 2.30. The van der Waals surface area contributed by atoms with E-state index in [0.717, 1.165) is 31.7 Å². The maximum absolute atomic E-state index is 12.5. The maximum atomic E-state index is 12.5. The highest BCUT2D eigenvalue weighted by atomic mass is 19.4. The minimum Gasteiger partial charge on any atom is -0.468 e. The van der Waals surface area contributed by atoms with Gasteiger partial charge in [0.05, 0.1) is 23.6 Å². The van der Waals surface area contributed by atoms with E-state index in [1.165, 1.54) is 4.68 Å². The van der Waals surface area contributed by atoms with Crippen LogP contribution in [0.25, 0.3) is 0 Å². The van der Waals surface area contributed by atoms with E-state index >= 15 is 0 Å². The number of likely N-dealkylation sites (tertiary alicyclic amines) is 1. The van der Waals surface area contributed by atoms with Crippen molar-refractivity contribution in [2.75, 3.05) is 26.2 Å². The average Bonchev–Trinajstić information content (AvgIpc) is 3.32. The Kier molecular flexibility index (Phi) is 6.11. The van der Waals surface area contributed by atoms with E-state index in [1.54, 1.807) is 20.2 Å². The van der Waals surface area contributed by atoms with E-state index in [9.17, 15) is 13.2 Å². The Balaban J connectivity index is 1.65. The fourth-order valence-electron chi connectivity index (χ4n) is 3.49. The second-order valence-electron chi connectivity index (χ2n) is 6.80. The number of aryl methyl sites for hydroxylation is 2. The van der Waals surface area contributed by atoms with E-state index in [-0.39, 0.29) is 11.9 Å². The number of aromatic nitrogens is 2. The number of halogens is 3. The first-order chi connectivity index (χ1) is 12.8. The van der Waals surface area contributed by atoms with Gasteiger partial charge in [-0.1, -0.05) is 0 Å². The number of hydrogen-bond donors (Lipinski definition) is 1. The molecule has 3 rings (SSSR count). The molecule has 3 heterocycles. The topological polar surface area (TPSA) is 55.5 Å². The Morgan fingerprint density at radius 2 is 2.07 bits per heavy atom. The molecule has 0 saturated carbocycles. The van der Waals surface area contributed by atoms with Gasteiger partial charge in [0.25, 0.3) is 0 Å². The van der Waals surface area contributed by atoms with Crippen LogP contribution in [-0.2, 0) is 13.6 Å². The van der Waals surface area contributed by atoms with E-state index in [1.807, 2.05) is 12.1 Å². The van der Waals surface area contributed by atoms with Crippen molar-refractivity contribution in [3.8, 4) is 5.88 Å². The van der Waals surface area contributed by atoms with Gasteiger partial charge in [-0.05, 0) is 45.0 Å². The minimum atomic E-state index is -4.39. The Bertz CT molecular complexity index is 722. The molecule has 1 fully saturated rings. The van der Waals surface area contributed by atoms with Crippen LogP contribution in [0.15, 0.2) is 22.8 Å². The lowest BCUT2D eigenvalue weighted by atomic mass is 10.2. The summed E-state index contributed by atoms with van der Waals surface area (Å²) in [7, 11) is 1.58. The van der Waals surface area contributed by atoms with Crippen LogP contribution in [0.5, 0.6) is 5.88 Å². The van der Waals surface area contributed by atoms with Gasteiger partial charge in [-0.15, -0.1) is 0 Å². The molecule has 1 aliphatic rings. The Morgan fingerprint density at radius 3 is 2.70 bits per heavy atom. The van der Waals surface area contributed by atoms with Gasteiger partial charge < -0.3 is 14.5 Å². The molecule has 1 N–H and O–H groups in total. The van der Waals surface area contributed by atoms with Crippen molar-refractivity contribution in [2.24, 2.45) is 7.05 Å². The van der Waals surface area contributed by atoms with Gasteiger partial charge in [-0.25, -0.2) is 4.68 Å². The Hall–Kier alpha value is -2.00. The smallest absolute Gasteiger partial charge is 0.422 e. The molecule has 1 atom stereocenters. The predicted octanol–water partition coefficient (Wildman–Crippen LogP) is 3.19. The SMILES string of the molecule is Cc1nn(C)c(OCC(F)(F)F)c1CNCC(c1ccco1)N1CCCC1. The standard InChI is InChI=1S/C18H25F3N4O2/c1-13-14(17(24(2)23-13)27-12-18(19,20)21)10-22-11-15(16-6-5-9-26-16)25-7-3-4-8-25/h5-6,9,15,22H,3-4,7-8,10-12H2,1-2H3. The third kappa shape index (κ3) is 5.04. The zero-order chi connectivity index (χ0) is 19.4. The van der Waals surface area contributed by atoms with Gasteiger partial charge in [-0.3, -0.25) is 4.90 Å². The molecule has 0 aromatic carbocycles. The van der Waals surface area contributed by atoms with Crippen LogP contribution in [0.3, 0.4) is 0 Å². The van der Waals surface area contributed by atoms with E-state index < -0.39 is 12.8 Å². The highest BCUT2D eigenvalue weighted by molar-refractivity contribution is 5.31. The summed E-state index contributed by atoms with van der Waals surface area (Å²) < 4.78 is 49.5. The molecule has 0 spiro atoms. The summed E-state index contributed by atoms with van der Waals surface area (Å²) >= 11 is 0. The van der Waals surface area contributed by atoms with Gasteiger partial charge in [0.2, 0.25) is 5.88 Å². The molecule has 0 aliphatic carbocycles. The van der Waals surface area contributed by atoms with Crippen molar-refractivity contribution >= 4 is 0 Å². The molecule has 27 heavy (non-hydrogen) atoms. The lowest BCUT2D eigenvalue weighted by molar-refractivity contribution is -0.154. The van der Waals surface area contributed by atoms with E-state index in [4.69, 9.17) is 9.15 Å². The van der Waals surface area contributed by atoms with E-state index in [0.29, 0.717) is 24.3 Å². The van der Waals surface area contributed by atoms with Crippen molar-refractivity contribution < 1.29 is 22.3 Å². The van der Waals surface area contributed by atoms with Crippen LogP contribution in [0, 0.1) is 6.92 Å². The van der Waals surface area contributed by atoms with Crippen molar-refractivity contribution in [2.45, 2.75) is 38.5 Å². The minimum absolute atomic E-state index is 0.0963. The second-order valence-corrected chi connectivity index (χ2v) is 6.80. The number of hydrogen-bond acceptors (Lipinski definition) is 5. The summed E-state index contributed by atoms with van der Waals surface area (Å²) in [6.07, 6.45) is -0.404. The lowest BCUT2D eigenvalue weighted by Gasteiger charge is -2.26. The van der Waals surface area contributed by atoms with Gasteiger partial charge in [0.1, 0.15) is 5.76 Å². The normalized spacial score (nSPS) is 16.8. The molecular formula is C18H25F3N4O2. The van der Waals surface area contributed by atoms with Crippen molar-refractivity contribution in [3.63, 3.8) is 0 Å². The maximum Gasteiger partial charge on any atom is 0.422 e. The van der Waals surface area contributed by atoms with Gasteiger partial charge in [-0.2, -0.15) is 18.3 Å². The molecule has 0 amide bonds. The molecule has 0 radical (unpaired) electrons. The second kappa shape index (κ2) is 8.35. The van der Waals surface area contributed by atoms with Crippen LogP contribution in [-0.4, -0.2) is 47.1 Å². The molecule has 0 bridgehead atoms. The Labute approximate surface area is 156 Å². The first-order valence-electron chi connectivity index (χ1n) is 9.05. The molecule has 1 aliphatic heterocycles. The largest absolute Gasteiger partial charge is 0.468 e. The van der Waals surface area contributed by atoms with Gasteiger partial charge >= 0.3 is 6.18 Å². The Morgan fingerprint density at radius 1 is 1.33 bits per heavy atom. The van der Waals surface area contributed by atoms with Crippen LogP contribution >= 0.6 is 0 Å².